The number of nitrogens with one attached hydrogen (secondary N) is 1. The highest BCUT2D eigenvalue weighted by Crippen LogP contribution is 2.30. The van der Waals surface area contributed by atoms with Gasteiger partial charge in [-0.3, -0.25) is 14.4 Å². The third-order valence-electron chi connectivity index (χ3n) is 6.57. The Morgan fingerprint density at radius 1 is 1.17 bits per heavy atom. The molecule has 0 bridgehead atoms. The summed E-state index contributed by atoms with van der Waals surface area (Å²) in [5.74, 6) is 0.357. The van der Waals surface area contributed by atoms with Crippen LogP contribution in [0.1, 0.15) is 40.0 Å². The lowest BCUT2D eigenvalue weighted by molar-refractivity contribution is -0.137. The summed E-state index contributed by atoms with van der Waals surface area (Å²) in [6.07, 6.45) is -1.39. The van der Waals surface area contributed by atoms with Crippen molar-refractivity contribution in [3.8, 4) is 11.5 Å². The topological polar surface area (TPSA) is 76.2 Å². The van der Waals surface area contributed by atoms with Crippen molar-refractivity contribution in [2.45, 2.75) is 38.5 Å². The number of fused-ring (bicyclic) bond motifs is 1. The van der Waals surface area contributed by atoms with Gasteiger partial charge in [0.05, 0.1) is 28.5 Å². The molecule has 3 aromatic heterocycles. The molecule has 36 heavy (non-hydrogen) atoms. The van der Waals surface area contributed by atoms with Crippen molar-refractivity contribution < 1.29 is 22.4 Å². The number of halogens is 3. The lowest BCUT2D eigenvalue weighted by Gasteiger charge is -2.32. The molecule has 1 aliphatic rings. The van der Waals surface area contributed by atoms with Crippen LogP contribution < -0.4 is 5.32 Å². The number of aromatic nitrogens is 3. The van der Waals surface area contributed by atoms with Crippen molar-refractivity contribution in [2.24, 2.45) is 7.05 Å². The fourth-order valence-electron chi connectivity index (χ4n) is 4.78. The number of amides is 1. The first-order chi connectivity index (χ1) is 17.2. The predicted molar refractivity (Wildman–Crippen MR) is 128 cm³/mol. The molecule has 0 aliphatic carbocycles. The number of nitrogens with zero attached hydrogens (tertiary/aromatic N) is 4. The molecule has 188 valence electrons. The molecule has 0 unspecified atom stereocenters. The minimum Gasteiger partial charge on any atom is -0.463 e. The zero-order valence-electron chi connectivity index (χ0n) is 20.0. The third kappa shape index (κ3) is 4.86. The van der Waals surface area contributed by atoms with E-state index < -0.39 is 11.7 Å². The Hall–Kier alpha value is -3.66. The number of hydrogen-bond acceptors (Lipinski definition) is 5. The van der Waals surface area contributed by atoms with Gasteiger partial charge in [-0.2, -0.15) is 18.3 Å². The fourth-order valence-corrected chi connectivity index (χ4v) is 4.78. The molecular formula is C26H26F3N5O2. The molecular weight excluding hydrogens is 471 g/mol. The summed E-state index contributed by atoms with van der Waals surface area (Å²) >= 11 is 0. The number of benzene rings is 1. The first-order valence-corrected chi connectivity index (χ1v) is 11.8. The van der Waals surface area contributed by atoms with Crippen LogP contribution in [-0.2, 0) is 19.8 Å². The van der Waals surface area contributed by atoms with E-state index in [0.717, 1.165) is 6.07 Å². The Bertz CT molecular complexity index is 1390. The van der Waals surface area contributed by atoms with Gasteiger partial charge >= 0.3 is 6.18 Å². The molecule has 0 saturated carbocycles. The van der Waals surface area contributed by atoms with Gasteiger partial charge < -0.3 is 9.73 Å². The molecule has 5 rings (SSSR count). The average Bonchev–Trinajstić information content (AvgIpc) is 3.48. The third-order valence-corrected chi connectivity index (χ3v) is 6.57. The van der Waals surface area contributed by atoms with E-state index in [1.165, 1.54) is 12.1 Å². The zero-order chi connectivity index (χ0) is 25.4. The molecule has 0 spiro atoms. The van der Waals surface area contributed by atoms with E-state index in [1.54, 1.807) is 42.3 Å². The number of carbonyl (C=O) groups excluding carboxylic acids is 1. The van der Waals surface area contributed by atoms with Crippen molar-refractivity contribution in [1.82, 2.24) is 25.0 Å². The molecule has 10 heteroatoms. The number of rotatable bonds is 5. The van der Waals surface area contributed by atoms with Gasteiger partial charge in [0.25, 0.3) is 5.91 Å². The first kappa shape index (κ1) is 24.1. The smallest absolute Gasteiger partial charge is 0.416 e. The van der Waals surface area contributed by atoms with E-state index in [4.69, 9.17) is 4.42 Å². The highest BCUT2D eigenvalue weighted by molar-refractivity contribution is 6.07. The van der Waals surface area contributed by atoms with Crippen LogP contribution in [0.3, 0.4) is 0 Å². The number of furan rings is 1. The van der Waals surface area contributed by atoms with E-state index in [1.807, 2.05) is 6.92 Å². The number of hydrogen-bond donors (Lipinski definition) is 1. The second-order valence-corrected chi connectivity index (χ2v) is 9.16. The second-order valence-electron chi connectivity index (χ2n) is 9.16. The van der Waals surface area contributed by atoms with Crippen molar-refractivity contribution in [2.75, 3.05) is 13.1 Å². The molecule has 1 amide bonds. The molecule has 4 aromatic rings. The maximum Gasteiger partial charge on any atom is 0.416 e. The number of aryl methyl sites for hydroxylation is 2. The van der Waals surface area contributed by atoms with Crippen molar-refractivity contribution in [1.29, 1.82) is 0 Å². The summed E-state index contributed by atoms with van der Waals surface area (Å²) < 4.78 is 46.2. The zero-order valence-corrected chi connectivity index (χ0v) is 20.0. The largest absolute Gasteiger partial charge is 0.463 e. The van der Waals surface area contributed by atoms with Crippen LogP contribution in [0.25, 0.3) is 22.5 Å². The summed E-state index contributed by atoms with van der Waals surface area (Å²) in [5, 5.41) is 8.28. The summed E-state index contributed by atoms with van der Waals surface area (Å²) in [6.45, 7) is 3.64. The van der Waals surface area contributed by atoms with Gasteiger partial charge in [-0.25, -0.2) is 4.98 Å². The Kier molecular flexibility index (Phi) is 6.29. The van der Waals surface area contributed by atoms with Gasteiger partial charge in [0.1, 0.15) is 5.69 Å². The highest BCUT2D eigenvalue weighted by atomic mass is 19.4. The molecule has 1 aromatic carbocycles. The number of piperidine rings is 1. The van der Waals surface area contributed by atoms with Gasteiger partial charge in [-0.05, 0) is 49.6 Å². The standard InChI is InChI=1S/C26H26F3N5O2/c1-16-23-20(14-21(22-7-4-12-36-22)31-24(23)33(2)32-16)25(35)30-19-8-10-34(11-9-19)15-17-5-3-6-18(13-17)26(27,28)29/h3-7,12-14,19H,8-11,15H2,1-2H3,(H,30,35). The Morgan fingerprint density at radius 2 is 1.94 bits per heavy atom. The monoisotopic (exact) mass is 497 g/mol. The molecule has 0 radical (unpaired) electrons. The van der Waals surface area contributed by atoms with Crippen LogP contribution in [0.4, 0.5) is 13.2 Å². The van der Waals surface area contributed by atoms with E-state index >= 15 is 0 Å². The minimum absolute atomic E-state index is 0.0393. The number of likely N-dealkylation sites (tertiary alicyclic amines) is 1. The van der Waals surface area contributed by atoms with Crippen molar-refractivity contribution >= 4 is 16.9 Å². The number of alkyl halides is 3. The lowest BCUT2D eigenvalue weighted by atomic mass is 10.0. The SMILES string of the molecule is Cc1nn(C)c2nc(-c3ccco3)cc(C(=O)NC3CCN(Cc4cccc(C(F)(F)F)c4)CC3)c12. The first-order valence-electron chi connectivity index (χ1n) is 11.8. The lowest BCUT2D eigenvalue weighted by Crippen LogP contribution is -2.44. The summed E-state index contributed by atoms with van der Waals surface area (Å²) in [6, 6.07) is 10.7. The van der Waals surface area contributed by atoms with Crippen LogP contribution in [0.15, 0.2) is 53.1 Å². The van der Waals surface area contributed by atoms with Crippen LogP contribution in [0, 0.1) is 6.92 Å². The molecule has 1 fully saturated rings. The molecule has 0 atom stereocenters. The maximum absolute atomic E-state index is 13.4. The Labute approximate surface area is 205 Å². The maximum atomic E-state index is 13.4. The molecule has 1 N–H and O–H groups in total. The van der Waals surface area contributed by atoms with Gasteiger partial charge in [0, 0.05) is 32.7 Å². The van der Waals surface area contributed by atoms with Gasteiger partial charge in [0.2, 0.25) is 0 Å². The molecule has 1 saturated heterocycles. The highest BCUT2D eigenvalue weighted by Gasteiger charge is 2.31. The predicted octanol–water partition coefficient (Wildman–Crippen LogP) is 4.95. The van der Waals surface area contributed by atoms with Gasteiger partial charge in [-0.15, -0.1) is 0 Å². The van der Waals surface area contributed by atoms with Crippen LogP contribution >= 0.6 is 0 Å². The van der Waals surface area contributed by atoms with E-state index in [-0.39, 0.29) is 11.9 Å². The van der Waals surface area contributed by atoms with E-state index in [2.05, 4.69) is 20.3 Å². The number of carbonyl (C=O) groups is 1. The average molecular weight is 498 g/mol. The summed E-state index contributed by atoms with van der Waals surface area (Å²) in [5.41, 5.74) is 2.35. The van der Waals surface area contributed by atoms with Gasteiger partial charge in [0.15, 0.2) is 11.4 Å². The van der Waals surface area contributed by atoms with Crippen LogP contribution in [0.2, 0.25) is 0 Å². The van der Waals surface area contributed by atoms with Crippen LogP contribution in [0.5, 0.6) is 0 Å². The Balaban J connectivity index is 1.28. The molecule has 1 aliphatic heterocycles. The molecule has 7 nitrogen and oxygen atoms in total. The van der Waals surface area contributed by atoms with E-state index in [0.29, 0.717) is 71.8 Å². The quantitative estimate of drug-likeness (QED) is 0.422. The number of pyridine rings is 1. The summed E-state index contributed by atoms with van der Waals surface area (Å²) in [4.78, 5) is 20.2. The molecule has 4 heterocycles. The fraction of sp³-hybridized carbons (Fsp3) is 0.346. The minimum atomic E-state index is -4.35. The normalized spacial score (nSPS) is 15.5. The Morgan fingerprint density at radius 3 is 2.64 bits per heavy atom. The van der Waals surface area contributed by atoms with Crippen LogP contribution in [-0.4, -0.2) is 44.7 Å². The second kappa shape index (κ2) is 9.42. The van der Waals surface area contributed by atoms with E-state index in [9.17, 15) is 18.0 Å². The van der Waals surface area contributed by atoms with Gasteiger partial charge in [-0.1, -0.05) is 18.2 Å². The van der Waals surface area contributed by atoms with Crippen molar-refractivity contribution in [3.63, 3.8) is 0 Å². The van der Waals surface area contributed by atoms with Crippen molar-refractivity contribution in [3.05, 3.63) is 71.1 Å². The summed E-state index contributed by atoms with van der Waals surface area (Å²) in [7, 11) is 1.79.